The van der Waals surface area contributed by atoms with Crippen LogP contribution >= 0.6 is 0 Å². The number of nitro benzene ring substituents is 1. The Morgan fingerprint density at radius 2 is 2.25 bits per heavy atom. The first kappa shape index (κ1) is 14.7. The van der Waals surface area contributed by atoms with Crippen LogP contribution in [0.1, 0.15) is 18.4 Å². The molecular formula is C15H20N2O3. The summed E-state index contributed by atoms with van der Waals surface area (Å²) in [5.74, 6) is 0.364. The largest absolute Gasteiger partial charge is 0.396 e. The minimum atomic E-state index is -0.359. The van der Waals surface area contributed by atoms with E-state index in [4.69, 9.17) is 0 Å². The van der Waals surface area contributed by atoms with Crippen molar-refractivity contribution in [3.05, 3.63) is 46.0 Å². The molecule has 108 valence electrons. The summed E-state index contributed by atoms with van der Waals surface area (Å²) in [6.07, 6.45) is 5.95. The highest BCUT2D eigenvalue weighted by atomic mass is 16.6. The number of likely N-dealkylation sites (tertiary alicyclic amines) is 1. The molecule has 0 amide bonds. The minimum absolute atomic E-state index is 0.135. The standard InChI is InChI=1S/C15H20N2O3/c18-12-13-5-3-9-16(11-13)10-4-7-14-6-1-2-8-15(14)17(19)20/h1-2,4,6-8,13,18H,3,5,9-12H2/b7-4+/t13-/m0/s1. The fourth-order valence-electron chi connectivity index (χ4n) is 2.59. The van der Waals surface area contributed by atoms with Crippen LogP contribution in [0.25, 0.3) is 6.08 Å². The summed E-state index contributed by atoms with van der Waals surface area (Å²) < 4.78 is 0. The smallest absolute Gasteiger partial charge is 0.276 e. The van der Waals surface area contributed by atoms with E-state index in [1.807, 2.05) is 6.08 Å². The third-order valence-corrected chi connectivity index (χ3v) is 3.66. The predicted octanol–water partition coefficient (Wildman–Crippen LogP) is 2.31. The summed E-state index contributed by atoms with van der Waals surface area (Å²) in [6, 6.07) is 6.74. The van der Waals surface area contributed by atoms with Crippen LogP contribution in [0.15, 0.2) is 30.3 Å². The maximum absolute atomic E-state index is 10.9. The Balaban J connectivity index is 1.95. The number of nitrogens with zero attached hydrogens (tertiary/aromatic N) is 2. The maximum atomic E-state index is 10.9. The minimum Gasteiger partial charge on any atom is -0.396 e. The van der Waals surface area contributed by atoms with E-state index >= 15 is 0 Å². The van der Waals surface area contributed by atoms with Crippen molar-refractivity contribution in [3.63, 3.8) is 0 Å². The van der Waals surface area contributed by atoms with E-state index in [1.54, 1.807) is 24.3 Å². The van der Waals surface area contributed by atoms with Crippen molar-refractivity contribution in [1.82, 2.24) is 4.90 Å². The summed E-state index contributed by atoms with van der Waals surface area (Å²) in [7, 11) is 0. The topological polar surface area (TPSA) is 66.6 Å². The number of para-hydroxylation sites is 1. The third kappa shape index (κ3) is 3.88. The normalized spacial score (nSPS) is 20.4. The number of hydrogen-bond donors (Lipinski definition) is 1. The van der Waals surface area contributed by atoms with Crippen LogP contribution in [-0.4, -0.2) is 41.2 Å². The van der Waals surface area contributed by atoms with Gasteiger partial charge in [0.15, 0.2) is 0 Å². The molecular weight excluding hydrogens is 256 g/mol. The lowest BCUT2D eigenvalue weighted by atomic mass is 9.99. The Morgan fingerprint density at radius 1 is 1.45 bits per heavy atom. The maximum Gasteiger partial charge on any atom is 0.276 e. The third-order valence-electron chi connectivity index (χ3n) is 3.66. The van der Waals surface area contributed by atoms with E-state index in [-0.39, 0.29) is 17.2 Å². The molecule has 0 radical (unpaired) electrons. The highest BCUT2D eigenvalue weighted by Gasteiger charge is 2.18. The first-order valence-corrected chi connectivity index (χ1v) is 6.94. The van der Waals surface area contributed by atoms with Crippen molar-refractivity contribution >= 4 is 11.8 Å². The van der Waals surface area contributed by atoms with E-state index in [0.717, 1.165) is 32.5 Å². The molecule has 0 spiro atoms. The lowest BCUT2D eigenvalue weighted by molar-refractivity contribution is -0.385. The van der Waals surface area contributed by atoms with Crippen LogP contribution in [0, 0.1) is 16.0 Å². The van der Waals surface area contributed by atoms with Gasteiger partial charge in [0.2, 0.25) is 0 Å². The van der Waals surface area contributed by atoms with E-state index < -0.39 is 0 Å². The van der Waals surface area contributed by atoms with Crippen molar-refractivity contribution in [2.45, 2.75) is 12.8 Å². The number of aliphatic hydroxyl groups excluding tert-OH is 1. The van der Waals surface area contributed by atoms with Crippen LogP contribution in [0.3, 0.4) is 0 Å². The molecule has 1 aromatic rings. The summed E-state index contributed by atoms with van der Waals surface area (Å²) >= 11 is 0. The lowest BCUT2D eigenvalue weighted by Crippen LogP contribution is -2.36. The van der Waals surface area contributed by atoms with Crippen LogP contribution in [0.5, 0.6) is 0 Å². The van der Waals surface area contributed by atoms with Gasteiger partial charge in [0.05, 0.1) is 10.5 Å². The Morgan fingerprint density at radius 3 is 3.00 bits per heavy atom. The average molecular weight is 276 g/mol. The second-order valence-corrected chi connectivity index (χ2v) is 5.17. The summed E-state index contributed by atoms with van der Waals surface area (Å²) in [5.41, 5.74) is 0.767. The van der Waals surface area contributed by atoms with Crippen molar-refractivity contribution in [1.29, 1.82) is 0 Å². The average Bonchev–Trinajstić information content (AvgIpc) is 2.48. The zero-order valence-corrected chi connectivity index (χ0v) is 11.4. The van der Waals surface area contributed by atoms with Gasteiger partial charge in [-0.3, -0.25) is 15.0 Å². The zero-order valence-electron chi connectivity index (χ0n) is 11.4. The monoisotopic (exact) mass is 276 g/mol. The van der Waals surface area contributed by atoms with Gasteiger partial charge in [0.25, 0.3) is 5.69 Å². The van der Waals surface area contributed by atoms with Crippen molar-refractivity contribution in [2.24, 2.45) is 5.92 Å². The molecule has 1 heterocycles. The van der Waals surface area contributed by atoms with Gasteiger partial charge >= 0.3 is 0 Å². The molecule has 0 bridgehead atoms. The molecule has 1 aromatic carbocycles. The van der Waals surface area contributed by atoms with Crippen LogP contribution in [-0.2, 0) is 0 Å². The second-order valence-electron chi connectivity index (χ2n) is 5.17. The molecule has 0 unspecified atom stereocenters. The highest BCUT2D eigenvalue weighted by molar-refractivity contribution is 5.60. The van der Waals surface area contributed by atoms with Crippen LogP contribution < -0.4 is 0 Å². The zero-order chi connectivity index (χ0) is 14.4. The lowest BCUT2D eigenvalue weighted by Gasteiger charge is -2.30. The summed E-state index contributed by atoms with van der Waals surface area (Å²) in [5, 5.41) is 20.1. The fourth-order valence-corrected chi connectivity index (χ4v) is 2.59. The predicted molar refractivity (Wildman–Crippen MR) is 78.4 cm³/mol. The number of rotatable bonds is 5. The molecule has 1 aliphatic rings. The van der Waals surface area contributed by atoms with Gasteiger partial charge in [0, 0.05) is 25.8 Å². The van der Waals surface area contributed by atoms with Crippen LogP contribution in [0.2, 0.25) is 0 Å². The number of piperidine rings is 1. The van der Waals surface area contributed by atoms with Gasteiger partial charge in [-0.25, -0.2) is 0 Å². The highest BCUT2D eigenvalue weighted by Crippen LogP contribution is 2.19. The molecule has 5 nitrogen and oxygen atoms in total. The molecule has 20 heavy (non-hydrogen) atoms. The SMILES string of the molecule is O=[N+]([O-])c1ccccc1/C=C/CN1CCC[C@H](CO)C1. The van der Waals surface area contributed by atoms with Crippen molar-refractivity contribution < 1.29 is 10.0 Å². The van der Waals surface area contributed by atoms with Crippen molar-refractivity contribution in [2.75, 3.05) is 26.2 Å². The van der Waals surface area contributed by atoms with Gasteiger partial charge in [-0.2, -0.15) is 0 Å². The Bertz CT molecular complexity index is 488. The summed E-state index contributed by atoms with van der Waals surface area (Å²) in [6.45, 7) is 2.93. The van der Waals surface area contributed by atoms with Crippen LogP contribution in [0.4, 0.5) is 5.69 Å². The molecule has 0 aromatic heterocycles. The molecule has 0 saturated carbocycles. The van der Waals surface area contributed by atoms with E-state index in [2.05, 4.69) is 4.90 Å². The molecule has 1 atom stereocenters. The Hall–Kier alpha value is -1.72. The number of aliphatic hydroxyl groups is 1. The fraction of sp³-hybridized carbons (Fsp3) is 0.467. The second kappa shape index (κ2) is 7.17. The Labute approximate surface area is 118 Å². The molecule has 1 fully saturated rings. The number of nitro groups is 1. The van der Waals surface area contributed by atoms with E-state index in [1.165, 1.54) is 6.07 Å². The van der Waals surface area contributed by atoms with Gasteiger partial charge in [-0.05, 0) is 31.4 Å². The number of benzene rings is 1. The van der Waals surface area contributed by atoms with E-state index in [0.29, 0.717) is 11.5 Å². The number of hydrogen-bond acceptors (Lipinski definition) is 4. The molecule has 5 heteroatoms. The summed E-state index contributed by atoms with van der Waals surface area (Å²) in [4.78, 5) is 12.8. The molecule has 2 rings (SSSR count). The first-order valence-electron chi connectivity index (χ1n) is 6.94. The molecule has 1 aliphatic heterocycles. The quantitative estimate of drug-likeness (QED) is 0.662. The van der Waals surface area contributed by atoms with Crippen molar-refractivity contribution in [3.8, 4) is 0 Å². The molecule has 1 N–H and O–H groups in total. The van der Waals surface area contributed by atoms with Gasteiger partial charge < -0.3 is 5.11 Å². The van der Waals surface area contributed by atoms with Gasteiger partial charge in [0.1, 0.15) is 0 Å². The van der Waals surface area contributed by atoms with E-state index in [9.17, 15) is 15.2 Å². The Kier molecular flexibility index (Phi) is 5.26. The van der Waals surface area contributed by atoms with Gasteiger partial charge in [-0.1, -0.05) is 24.3 Å². The molecule has 1 saturated heterocycles. The molecule has 0 aliphatic carbocycles. The van der Waals surface area contributed by atoms with Gasteiger partial charge in [-0.15, -0.1) is 0 Å². The first-order chi connectivity index (χ1) is 9.70.